The first kappa shape index (κ1) is 16.0. The molecule has 26 heavy (non-hydrogen) atoms. The van der Waals surface area contributed by atoms with Gasteiger partial charge in [-0.05, 0) is 61.0 Å². The number of aryl methyl sites for hydroxylation is 1. The summed E-state index contributed by atoms with van der Waals surface area (Å²) < 4.78 is 6.10. The van der Waals surface area contributed by atoms with Crippen molar-refractivity contribution >= 4 is 0 Å². The highest BCUT2D eigenvalue weighted by atomic mass is 16.5. The number of rotatable bonds is 4. The van der Waals surface area contributed by atoms with Crippen molar-refractivity contribution in [2.45, 2.75) is 6.92 Å². The van der Waals surface area contributed by atoms with Crippen LogP contribution in [0.5, 0.6) is 11.5 Å². The molecule has 0 amide bonds. The highest BCUT2D eigenvalue weighted by Gasteiger charge is 2.07. The Labute approximate surface area is 153 Å². The number of nitrogens with zero attached hydrogens (tertiary/aromatic N) is 2. The standard InChI is InChI=1S/C23H18N2O/c1-17-11-12-20(16-21(17)23-10-3-5-14-25-23)26-19-8-6-7-18(15-19)22-9-2-4-13-24-22/h2-16H,1H3. The Morgan fingerprint density at radius 1 is 0.654 bits per heavy atom. The molecule has 0 aliphatic heterocycles. The first-order valence-corrected chi connectivity index (χ1v) is 8.51. The van der Waals surface area contributed by atoms with Gasteiger partial charge in [0.2, 0.25) is 0 Å². The first-order chi connectivity index (χ1) is 12.8. The molecule has 4 aromatic rings. The molecule has 0 saturated carbocycles. The number of aromatic nitrogens is 2. The van der Waals surface area contributed by atoms with Gasteiger partial charge in [-0.3, -0.25) is 9.97 Å². The van der Waals surface area contributed by atoms with Gasteiger partial charge in [-0.2, -0.15) is 0 Å². The average Bonchev–Trinajstić information content (AvgIpc) is 2.71. The lowest BCUT2D eigenvalue weighted by Gasteiger charge is -2.11. The van der Waals surface area contributed by atoms with E-state index in [0.717, 1.165) is 34.0 Å². The van der Waals surface area contributed by atoms with E-state index in [1.807, 2.05) is 72.8 Å². The third-order valence-corrected chi connectivity index (χ3v) is 4.18. The van der Waals surface area contributed by atoms with E-state index >= 15 is 0 Å². The van der Waals surface area contributed by atoms with Crippen LogP contribution in [0.25, 0.3) is 22.5 Å². The molecule has 3 nitrogen and oxygen atoms in total. The van der Waals surface area contributed by atoms with Crippen LogP contribution in [0.15, 0.2) is 91.3 Å². The Kier molecular flexibility index (Phi) is 4.44. The van der Waals surface area contributed by atoms with E-state index in [1.165, 1.54) is 5.56 Å². The molecule has 4 rings (SSSR count). The monoisotopic (exact) mass is 338 g/mol. The molecule has 0 saturated heterocycles. The summed E-state index contributed by atoms with van der Waals surface area (Å²) in [5.41, 5.74) is 5.14. The maximum absolute atomic E-state index is 6.10. The van der Waals surface area contributed by atoms with Gasteiger partial charge in [0.05, 0.1) is 11.4 Å². The van der Waals surface area contributed by atoms with Crippen molar-refractivity contribution in [1.82, 2.24) is 9.97 Å². The summed E-state index contributed by atoms with van der Waals surface area (Å²) in [4.78, 5) is 8.85. The van der Waals surface area contributed by atoms with E-state index in [0.29, 0.717) is 0 Å². The summed E-state index contributed by atoms with van der Waals surface area (Å²) >= 11 is 0. The quantitative estimate of drug-likeness (QED) is 0.464. The Morgan fingerprint density at radius 3 is 2.12 bits per heavy atom. The predicted molar refractivity (Wildman–Crippen MR) is 104 cm³/mol. The van der Waals surface area contributed by atoms with E-state index in [-0.39, 0.29) is 0 Å². The van der Waals surface area contributed by atoms with Crippen molar-refractivity contribution in [2.24, 2.45) is 0 Å². The van der Waals surface area contributed by atoms with Crippen LogP contribution in [-0.4, -0.2) is 9.97 Å². The van der Waals surface area contributed by atoms with Crippen molar-refractivity contribution < 1.29 is 4.74 Å². The molecule has 2 aromatic carbocycles. The topological polar surface area (TPSA) is 35.0 Å². The van der Waals surface area contributed by atoms with Crippen LogP contribution < -0.4 is 4.74 Å². The minimum absolute atomic E-state index is 0.781. The zero-order chi connectivity index (χ0) is 17.8. The molecule has 0 bridgehead atoms. The van der Waals surface area contributed by atoms with Crippen molar-refractivity contribution in [3.63, 3.8) is 0 Å². The molecule has 2 aromatic heterocycles. The maximum atomic E-state index is 6.10. The van der Waals surface area contributed by atoms with Crippen LogP contribution in [0, 0.1) is 6.92 Å². The molecular weight excluding hydrogens is 320 g/mol. The summed E-state index contributed by atoms with van der Waals surface area (Å²) in [6.07, 6.45) is 3.60. The van der Waals surface area contributed by atoms with Gasteiger partial charge >= 0.3 is 0 Å². The van der Waals surface area contributed by atoms with Gasteiger partial charge in [0, 0.05) is 23.5 Å². The van der Waals surface area contributed by atoms with Gasteiger partial charge in [0.25, 0.3) is 0 Å². The zero-order valence-corrected chi connectivity index (χ0v) is 14.5. The number of benzene rings is 2. The third kappa shape index (κ3) is 3.47. The second-order valence-corrected chi connectivity index (χ2v) is 6.04. The minimum Gasteiger partial charge on any atom is -0.457 e. The van der Waals surface area contributed by atoms with Gasteiger partial charge in [0.15, 0.2) is 0 Å². The minimum atomic E-state index is 0.781. The molecule has 0 aliphatic carbocycles. The summed E-state index contributed by atoms with van der Waals surface area (Å²) in [6, 6.07) is 25.8. The van der Waals surface area contributed by atoms with Crippen molar-refractivity contribution in [3.8, 4) is 34.0 Å². The fourth-order valence-electron chi connectivity index (χ4n) is 2.85. The van der Waals surface area contributed by atoms with E-state index < -0.39 is 0 Å². The van der Waals surface area contributed by atoms with E-state index in [1.54, 1.807) is 12.4 Å². The number of ether oxygens (including phenoxy) is 1. The Morgan fingerprint density at radius 2 is 1.38 bits per heavy atom. The number of pyridine rings is 2. The average molecular weight is 338 g/mol. The van der Waals surface area contributed by atoms with E-state index in [4.69, 9.17) is 4.74 Å². The number of hydrogen-bond donors (Lipinski definition) is 0. The lowest BCUT2D eigenvalue weighted by molar-refractivity contribution is 0.483. The Hall–Kier alpha value is -3.46. The summed E-state index contributed by atoms with van der Waals surface area (Å²) in [5, 5.41) is 0. The molecule has 0 fully saturated rings. The van der Waals surface area contributed by atoms with Gasteiger partial charge in [-0.1, -0.05) is 30.3 Å². The van der Waals surface area contributed by atoms with Crippen molar-refractivity contribution in [3.05, 3.63) is 96.8 Å². The summed E-state index contributed by atoms with van der Waals surface area (Å²) in [6.45, 7) is 2.08. The molecule has 0 spiro atoms. The largest absolute Gasteiger partial charge is 0.457 e. The molecule has 0 atom stereocenters. The van der Waals surface area contributed by atoms with Crippen LogP contribution in [0.4, 0.5) is 0 Å². The Balaban J connectivity index is 1.64. The first-order valence-electron chi connectivity index (χ1n) is 8.51. The maximum Gasteiger partial charge on any atom is 0.128 e. The van der Waals surface area contributed by atoms with Crippen LogP contribution in [0.1, 0.15) is 5.56 Å². The van der Waals surface area contributed by atoms with Gasteiger partial charge in [-0.25, -0.2) is 0 Å². The highest BCUT2D eigenvalue weighted by Crippen LogP contribution is 2.30. The molecule has 0 unspecified atom stereocenters. The second kappa shape index (κ2) is 7.19. The van der Waals surface area contributed by atoms with Crippen molar-refractivity contribution in [1.29, 1.82) is 0 Å². The SMILES string of the molecule is Cc1ccc(Oc2cccc(-c3ccccn3)c2)cc1-c1ccccn1. The fourth-order valence-corrected chi connectivity index (χ4v) is 2.85. The second-order valence-electron chi connectivity index (χ2n) is 6.04. The van der Waals surface area contributed by atoms with Crippen LogP contribution >= 0.6 is 0 Å². The molecule has 0 N–H and O–H groups in total. The van der Waals surface area contributed by atoms with Gasteiger partial charge in [-0.15, -0.1) is 0 Å². The normalized spacial score (nSPS) is 10.5. The van der Waals surface area contributed by atoms with Crippen LogP contribution in [0.2, 0.25) is 0 Å². The Bertz CT molecular complexity index is 1010. The van der Waals surface area contributed by atoms with Crippen molar-refractivity contribution in [2.75, 3.05) is 0 Å². The molecule has 2 heterocycles. The van der Waals surface area contributed by atoms with E-state index in [2.05, 4.69) is 23.0 Å². The van der Waals surface area contributed by atoms with Crippen LogP contribution in [0.3, 0.4) is 0 Å². The number of hydrogen-bond acceptors (Lipinski definition) is 3. The highest BCUT2D eigenvalue weighted by molar-refractivity contribution is 5.66. The lowest BCUT2D eigenvalue weighted by atomic mass is 10.0. The molecule has 3 heteroatoms. The van der Waals surface area contributed by atoms with Gasteiger partial charge < -0.3 is 4.74 Å². The van der Waals surface area contributed by atoms with E-state index in [9.17, 15) is 0 Å². The summed E-state index contributed by atoms with van der Waals surface area (Å²) in [7, 11) is 0. The predicted octanol–water partition coefficient (Wildman–Crippen LogP) is 5.91. The molecular formula is C23H18N2O. The smallest absolute Gasteiger partial charge is 0.128 e. The zero-order valence-electron chi connectivity index (χ0n) is 14.5. The van der Waals surface area contributed by atoms with Gasteiger partial charge in [0.1, 0.15) is 11.5 Å². The molecule has 0 radical (unpaired) electrons. The molecule has 0 aliphatic rings. The fraction of sp³-hybridized carbons (Fsp3) is 0.0435. The summed E-state index contributed by atoms with van der Waals surface area (Å²) in [5.74, 6) is 1.57. The third-order valence-electron chi connectivity index (χ3n) is 4.18. The lowest BCUT2D eigenvalue weighted by Crippen LogP contribution is -1.90. The molecule has 126 valence electrons. The van der Waals surface area contributed by atoms with Crippen LogP contribution in [-0.2, 0) is 0 Å².